The number of H-pyrrole nitrogens is 1. The zero-order valence-electron chi connectivity index (χ0n) is 9.04. The van der Waals surface area contributed by atoms with Crippen LogP contribution in [0.15, 0.2) is 24.4 Å². The third-order valence-electron chi connectivity index (χ3n) is 2.71. The number of allylic oxidation sites excluding steroid dienone is 3. The summed E-state index contributed by atoms with van der Waals surface area (Å²) < 4.78 is 0. The molecule has 0 radical (unpaired) electrons. The van der Waals surface area contributed by atoms with E-state index >= 15 is 0 Å². The third-order valence-corrected chi connectivity index (χ3v) is 2.71. The summed E-state index contributed by atoms with van der Waals surface area (Å²) in [6.07, 6.45) is 8.83. The van der Waals surface area contributed by atoms with Crippen LogP contribution in [-0.4, -0.2) is 4.98 Å². The van der Waals surface area contributed by atoms with Gasteiger partial charge < -0.3 is 4.98 Å². The fraction of sp³-hybridized carbons (Fsp3) is 0.385. The predicted molar refractivity (Wildman–Crippen MR) is 61.8 cm³/mol. The Morgan fingerprint density at radius 3 is 2.86 bits per heavy atom. The van der Waals surface area contributed by atoms with Crippen LogP contribution in [0.5, 0.6) is 0 Å². The van der Waals surface area contributed by atoms with Gasteiger partial charge in [-0.1, -0.05) is 39.0 Å². The maximum Gasteiger partial charge on any atom is 0.0485 e. The summed E-state index contributed by atoms with van der Waals surface area (Å²) in [4.78, 5) is 3.33. The Balaban J connectivity index is 2.52. The van der Waals surface area contributed by atoms with Gasteiger partial charge in [0.15, 0.2) is 0 Å². The van der Waals surface area contributed by atoms with Crippen molar-refractivity contribution < 1.29 is 0 Å². The molecular weight excluding hydrogens is 170 g/mol. The summed E-state index contributed by atoms with van der Waals surface area (Å²) in [6.45, 7) is 6.72. The van der Waals surface area contributed by atoms with E-state index in [0.717, 1.165) is 0 Å². The highest BCUT2D eigenvalue weighted by Gasteiger charge is 2.14. The van der Waals surface area contributed by atoms with Crippen molar-refractivity contribution in [1.29, 1.82) is 0 Å². The van der Waals surface area contributed by atoms with Crippen LogP contribution in [-0.2, 0) is 0 Å². The molecule has 14 heavy (non-hydrogen) atoms. The van der Waals surface area contributed by atoms with E-state index in [0.29, 0.717) is 11.8 Å². The molecule has 1 aliphatic carbocycles. The molecule has 2 rings (SSSR count). The van der Waals surface area contributed by atoms with Gasteiger partial charge in [-0.3, -0.25) is 0 Å². The van der Waals surface area contributed by atoms with Crippen LogP contribution in [0.3, 0.4) is 0 Å². The SMILES string of the molecule is CC1C=Cc2cc[nH]c2C(C(C)C)=C1. The Bertz CT molecular complexity index is 380. The molecular formula is C13H17N. The summed E-state index contributed by atoms with van der Waals surface area (Å²) in [5.74, 6) is 1.11. The monoisotopic (exact) mass is 187 g/mol. The van der Waals surface area contributed by atoms with Gasteiger partial charge in [-0.05, 0) is 29.0 Å². The second-order valence-electron chi connectivity index (χ2n) is 4.30. The molecule has 1 aromatic heterocycles. The van der Waals surface area contributed by atoms with Gasteiger partial charge in [0.05, 0.1) is 0 Å². The van der Waals surface area contributed by atoms with Crippen LogP contribution in [0.4, 0.5) is 0 Å². The zero-order chi connectivity index (χ0) is 10.1. The molecule has 0 spiro atoms. The molecule has 0 bridgehead atoms. The quantitative estimate of drug-likeness (QED) is 0.689. The van der Waals surface area contributed by atoms with Gasteiger partial charge in [-0.15, -0.1) is 0 Å². The highest BCUT2D eigenvalue weighted by molar-refractivity contribution is 5.75. The van der Waals surface area contributed by atoms with Gasteiger partial charge in [0.25, 0.3) is 0 Å². The van der Waals surface area contributed by atoms with E-state index < -0.39 is 0 Å². The molecule has 1 atom stereocenters. The van der Waals surface area contributed by atoms with Gasteiger partial charge in [-0.2, -0.15) is 0 Å². The first-order chi connectivity index (χ1) is 6.68. The van der Waals surface area contributed by atoms with Crippen LogP contribution in [0, 0.1) is 11.8 Å². The first-order valence-corrected chi connectivity index (χ1v) is 5.26. The van der Waals surface area contributed by atoms with E-state index in [1.807, 2.05) is 6.20 Å². The van der Waals surface area contributed by atoms with Crippen molar-refractivity contribution in [3.05, 3.63) is 35.7 Å². The number of aromatic nitrogens is 1. The van der Waals surface area contributed by atoms with Crippen molar-refractivity contribution in [1.82, 2.24) is 4.98 Å². The Morgan fingerprint density at radius 1 is 1.36 bits per heavy atom. The number of fused-ring (bicyclic) bond motifs is 1. The summed E-state index contributed by atoms with van der Waals surface area (Å²) >= 11 is 0. The summed E-state index contributed by atoms with van der Waals surface area (Å²) in [6, 6.07) is 2.14. The van der Waals surface area contributed by atoms with E-state index in [2.05, 4.69) is 50.0 Å². The van der Waals surface area contributed by atoms with Crippen molar-refractivity contribution in [2.45, 2.75) is 20.8 Å². The molecule has 1 N–H and O–H groups in total. The van der Waals surface area contributed by atoms with Gasteiger partial charge in [-0.25, -0.2) is 0 Å². The topological polar surface area (TPSA) is 15.8 Å². The molecule has 1 aromatic rings. The molecule has 1 unspecified atom stereocenters. The maximum atomic E-state index is 3.33. The normalized spacial score (nSPS) is 20.6. The Hall–Kier alpha value is -1.24. The van der Waals surface area contributed by atoms with Crippen LogP contribution < -0.4 is 0 Å². The largest absolute Gasteiger partial charge is 0.361 e. The summed E-state index contributed by atoms with van der Waals surface area (Å²) in [5.41, 5.74) is 4.04. The fourth-order valence-corrected chi connectivity index (χ4v) is 1.93. The highest BCUT2D eigenvalue weighted by atomic mass is 14.7. The number of aromatic amines is 1. The van der Waals surface area contributed by atoms with Crippen LogP contribution >= 0.6 is 0 Å². The molecule has 0 aliphatic heterocycles. The van der Waals surface area contributed by atoms with E-state index in [1.54, 1.807) is 0 Å². The molecule has 0 saturated carbocycles. The molecule has 74 valence electrons. The van der Waals surface area contributed by atoms with Gasteiger partial charge in [0, 0.05) is 11.9 Å². The second-order valence-corrected chi connectivity index (χ2v) is 4.30. The lowest BCUT2D eigenvalue weighted by atomic mass is 9.96. The van der Waals surface area contributed by atoms with Gasteiger partial charge in [0.1, 0.15) is 0 Å². The van der Waals surface area contributed by atoms with Crippen molar-refractivity contribution in [3.63, 3.8) is 0 Å². The van der Waals surface area contributed by atoms with Crippen molar-refractivity contribution in [3.8, 4) is 0 Å². The van der Waals surface area contributed by atoms with E-state index in [4.69, 9.17) is 0 Å². The van der Waals surface area contributed by atoms with Crippen molar-refractivity contribution in [2.75, 3.05) is 0 Å². The second kappa shape index (κ2) is 3.49. The zero-order valence-corrected chi connectivity index (χ0v) is 9.04. The highest BCUT2D eigenvalue weighted by Crippen LogP contribution is 2.30. The average Bonchev–Trinajstić information content (AvgIpc) is 2.52. The lowest BCUT2D eigenvalue weighted by Gasteiger charge is -2.11. The van der Waals surface area contributed by atoms with Gasteiger partial charge >= 0.3 is 0 Å². The smallest absolute Gasteiger partial charge is 0.0485 e. The maximum absolute atomic E-state index is 3.33. The molecule has 1 nitrogen and oxygen atoms in total. The summed E-state index contributed by atoms with van der Waals surface area (Å²) in [5, 5.41) is 0. The Labute approximate surface area is 85.5 Å². The van der Waals surface area contributed by atoms with E-state index in [9.17, 15) is 0 Å². The van der Waals surface area contributed by atoms with Gasteiger partial charge in [0.2, 0.25) is 0 Å². The average molecular weight is 187 g/mol. The molecule has 0 aromatic carbocycles. The molecule has 1 aliphatic rings. The van der Waals surface area contributed by atoms with Crippen LogP contribution in [0.1, 0.15) is 32.0 Å². The molecule has 1 heteroatoms. The molecule has 1 heterocycles. The van der Waals surface area contributed by atoms with E-state index in [1.165, 1.54) is 16.8 Å². The third kappa shape index (κ3) is 1.54. The minimum atomic E-state index is 0.535. The Morgan fingerprint density at radius 2 is 2.14 bits per heavy atom. The van der Waals surface area contributed by atoms with E-state index in [-0.39, 0.29) is 0 Å². The van der Waals surface area contributed by atoms with Crippen LogP contribution in [0.25, 0.3) is 11.6 Å². The number of nitrogens with one attached hydrogen (secondary N) is 1. The molecule has 0 saturated heterocycles. The van der Waals surface area contributed by atoms with Crippen LogP contribution in [0.2, 0.25) is 0 Å². The standard InChI is InChI=1S/C13H17N/c1-9(2)12-8-10(3)4-5-11-6-7-14-13(11)12/h4-10,14H,1-3H3. The minimum Gasteiger partial charge on any atom is -0.361 e. The number of rotatable bonds is 1. The molecule has 0 amide bonds. The predicted octanol–water partition coefficient (Wildman–Crippen LogP) is 3.72. The first kappa shape index (κ1) is 9.32. The first-order valence-electron chi connectivity index (χ1n) is 5.26. The van der Waals surface area contributed by atoms with Crippen molar-refractivity contribution in [2.24, 2.45) is 11.8 Å². The summed E-state index contributed by atoms with van der Waals surface area (Å²) in [7, 11) is 0. The lowest BCUT2D eigenvalue weighted by Crippen LogP contribution is -1.96. The number of hydrogen-bond donors (Lipinski definition) is 1. The van der Waals surface area contributed by atoms with Crippen molar-refractivity contribution >= 4 is 11.6 Å². The lowest BCUT2D eigenvalue weighted by molar-refractivity contribution is 0.832. The fourth-order valence-electron chi connectivity index (χ4n) is 1.93. The molecule has 0 fully saturated rings. The number of hydrogen-bond acceptors (Lipinski definition) is 0. The minimum absolute atomic E-state index is 0.535. The Kier molecular flexibility index (Phi) is 2.32.